The monoisotopic (exact) mass is 952 g/mol. The summed E-state index contributed by atoms with van der Waals surface area (Å²) in [4.78, 5) is 0. The Morgan fingerprint density at radius 2 is 0.621 bits per heavy atom. The molecule has 66 heavy (non-hydrogen) atoms. The molecule has 0 heterocycles. The fourth-order valence-corrected chi connectivity index (χ4v) is 8.76. The van der Waals surface area contributed by atoms with Crippen LogP contribution in [-0.2, 0) is 20.2 Å². The largest absolute Gasteiger partial charge is 0.534 e. The number of alkyl halides is 6. The van der Waals surface area contributed by atoms with E-state index < -0.39 is 65.4 Å². The van der Waals surface area contributed by atoms with Crippen LogP contribution < -0.4 is 27.3 Å². The molecule has 8 aromatic carbocycles. The van der Waals surface area contributed by atoms with Gasteiger partial charge in [-0.1, -0.05) is 97.1 Å². The zero-order valence-corrected chi connectivity index (χ0v) is 37.3. The highest BCUT2D eigenvalue weighted by atomic mass is 32.2. The summed E-state index contributed by atoms with van der Waals surface area (Å²) in [5.41, 5.74) is -8.27. The first-order chi connectivity index (χ1) is 31.2. The molecule has 0 saturated carbocycles. The number of rotatable bonds is 10. The maximum absolute atomic E-state index is 13.4. The number of methoxy groups -OCH3 is 4. The van der Waals surface area contributed by atoms with E-state index in [1.165, 1.54) is 81.2 Å². The zero-order chi connectivity index (χ0) is 47.9. The van der Waals surface area contributed by atoms with Crippen molar-refractivity contribution in [2.45, 2.75) is 24.9 Å². The minimum atomic E-state index is -6.37. The smallest absolute Gasteiger partial charge is 0.496 e. The molecule has 0 amide bonds. The van der Waals surface area contributed by atoms with Crippen molar-refractivity contribution in [1.29, 1.82) is 0 Å². The van der Waals surface area contributed by atoms with Gasteiger partial charge < -0.3 is 27.3 Å². The summed E-state index contributed by atoms with van der Waals surface area (Å²) < 4.78 is 160. The number of hydrogen-bond donors (Lipinski definition) is 0. The van der Waals surface area contributed by atoms with Crippen molar-refractivity contribution in [3.63, 3.8) is 0 Å². The first-order valence-corrected chi connectivity index (χ1v) is 22.3. The fourth-order valence-electron chi connectivity index (χ4n) is 7.80. The average molecular weight is 953 g/mol. The van der Waals surface area contributed by atoms with E-state index in [4.69, 9.17) is 18.9 Å². The van der Waals surface area contributed by atoms with E-state index in [0.717, 1.165) is 49.0 Å². The molecule has 0 unspecified atom stereocenters. The van der Waals surface area contributed by atoms with Gasteiger partial charge in [-0.3, -0.25) is 0 Å². The van der Waals surface area contributed by atoms with Crippen LogP contribution in [0.25, 0.3) is 65.3 Å². The minimum absolute atomic E-state index is 0.0525. The Bertz CT molecular complexity index is 3180. The second-order valence-electron chi connectivity index (χ2n) is 14.6. The standard InChI is InChI=1S/C24H16F6O8S2.C24H22O2/c1-35-17-11-13-7-3-5-9-15(13)19(21(17)37-39(31,32)23(25,26)27)20-16-10-6-4-8-14(16)12-18(36-2)22(20)38-40(33,34)24(28,29)30;1-15-21(25-3)13-17-9-5-7-11-19(17)23(15)24-16(2)22(26-4)14-18-10-6-8-12-20(18)24/h3-12H,1-2H3;5-14H,1-4H3. The number of ether oxygens (including phenoxy) is 4. The van der Waals surface area contributed by atoms with E-state index in [1.54, 1.807) is 14.2 Å². The molecule has 0 aromatic heterocycles. The molecule has 0 atom stereocenters. The molecule has 8 aromatic rings. The van der Waals surface area contributed by atoms with Gasteiger partial charge in [0.25, 0.3) is 0 Å². The SMILES string of the molecule is COc1cc2ccccc2c(-c2c(C)c(OC)cc3ccccc23)c1C.COc1cc2ccccc2c(-c2c(OS(=O)(=O)C(F)(F)F)c(OC)cc3ccccc23)c1OS(=O)(=O)C(F)(F)F. The van der Waals surface area contributed by atoms with Crippen LogP contribution >= 0.6 is 0 Å². The van der Waals surface area contributed by atoms with E-state index >= 15 is 0 Å². The molecule has 18 heteroatoms. The lowest BCUT2D eigenvalue weighted by atomic mass is 9.87. The summed E-state index contributed by atoms with van der Waals surface area (Å²) in [6.45, 7) is 4.27. The maximum atomic E-state index is 13.4. The molecular formula is C48H38F6O10S2. The molecule has 344 valence electrons. The van der Waals surface area contributed by atoms with Gasteiger partial charge in [-0.15, -0.1) is 0 Å². The van der Waals surface area contributed by atoms with Gasteiger partial charge in [-0.25, -0.2) is 0 Å². The van der Waals surface area contributed by atoms with Crippen molar-refractivity contribution >= 4 is 63.3 Å². The van der Waals surface area contributed by atoms with Crippen molar-refractivity contribution in [3.05, 3.63) is 132 Å². The van der Waals surface area contributed by atoms with Crippen LogP contribution in [0.3, 0.4) is 0 Å². The van der Waals surface area contributed by atoms with Crippen LogP contribution in [0.15, 0.2) is 121 Å². The van der Waals surface area contributed by atoms with E-state index in [1.807, 2.05) is 0 Å². The second-order valence-corrected chi connectivity index (χ2v) is 17.7. The lowest BCUT2D eigenvalue weighted by molar-refractivity contribution is -0.0505. The Kier molecular flexibility index (Phi) is 12.7. The van der Waals surface area contributed by atoms with Gasteiger partial charge in [0.1, 0.15) is 11.5 Å². The predicted molar refractivity (Wildman–Crippen MR) is 241 cm³/mol. The van der Waals surface area contributed by atoms with Crippen molar-refractivity contribution in [2.24, 2.45) is 0 Å². The summed E-state index contributed by atoms with van der Waals surface area (Å²) in [6.07, 6.45) is 0. The van der Waals surface area contributed by atoms with Gasteiger partial charge in [0.2, 0.25) is 0 Å². The van der Waals surface area contributed by atoms with Gasteiger partial charge in [-0.2, -0.15) is 43.2 Å². The zero-order valence-electron chi connectivity index (χ0n) is 35.7. The van der Waals surface area contributed by atoms with Gasteiger partial charge in [0.15, 0.2) is 23.0 Å². The summed E-state index contributed by atoms with van der Waals surface area (Å²) in [5, 5.41) is 5.13. The lowest BCUT2D eigenvalue weighted by Crippen LogP contribution is -2.29. The van der Waals surface area contributed by atoms with Crippen molar-refractivity contribution in [1.82, 2.24) is 0 Å². The molecule has 0 N–H and O–H groups in total. The molecule has 10 nitrogen and oxygen atoms in total. The Morgan fingerprint density at radius 3 is 0.879 bits per heavy atom. The first-order valence-electron chi connectivity index (χ1n) is 19.5. The van der Waals surface area contributed by atoms with E-state index in [9.17, 15) is 43.2 Å². The van der Waals surface area contributed by atoms with Gasteiger partial charge in [0, 0.05) is 11.1 Å². The van der Waals surface area contributed by atoms with Crippen molar-refractivity contribution in [3.8, 4) is 56.8 Å². The van der Waals surface area contributed by atoms with Crippen molar-refractivity contribution in [2.75, 3.05) is 28.4 Å². The Hall–Kier alpha value is -6.92. The van der Waals surface area contributed by atoms with Crippen LogP contribution in [0, 0.1) is 13.8 Å². The van der Waals surface area contributed by atoms with Crippen LogP contribution in [0.4, 0.5) is 26.3 Å². The Labute approximate surface area is 375 Å². The minimum Gasteiger partial charge on any atom is -0.496 e. The normalized spacial score (nSPS) is 12.2. The van der Waals surface area contributed by atoms with Crippen LogP contribution in [-0.4, -0.2) is 56.3 Å². The predicted octanol–water partition coefficient (Wildman–Crippen LogP) is 12.4. The average Bonchev–Trinajstić information content (AvgIpc) is 3.28. The third-order valence-corrected chi connectivity index (χ3v) is 12.7. The molecule has 0 radical (unpaired) electrons. The summed E-state index contributed by atoms with van der Waals surface area (Å²) in [5.74, 6) is -1.51. The van der Waals surface area contributed by atoms with Gasteiger partial charge >= 0.3 is 31.3 Å². The summed E-state index contributed by atoms with van der Waals surface area (Å²) in [7, 11) is -7.31. The Morgan fingerprint density at radius 1 is 0.379 bits per heavy atom. The second kappa shape index (κ2) is 17.8. The van der Waals surface area contributed by atoms with E-state index in [0.29, 0.717) is 0 Å². The van der Waals surface area contributed by atoms with Crippen LogP contribution in [0.5, 0.6) is 34.5 Å². The number of benzene rings is 8. The highest BCUT2D eigenvalue weighted by Gasteiger charge is 2.51. The van der Waals surface area contributed by atoms with Crippen molar-refractivity contribution < 1.29 is 70.5 Å². The molecule has 0 aliphatic rings. The molecular weight excluding hydrogens is 915 g/mol. The molecule has 8 rings (SSSR count). The summed E-state index contributed by atoms with van der Waals surface area (Å²) >= 11 is 0. The fraction of sp³-hybridized carbons (Fsp3) is 0.167. The van der Waals surface area contributed by atoms with Crippen LogP contribution in [0.2, 0.25) is 0 Å². The van der Waals surface area contributed by atoms with Gasteiger partial charge in [-0.05, 0) is 103 Å². The molecule has 0 fully saturated rings. The molecule has 0 saturated heterocycles. The quantitative estimate of drug-likeness (QED) is 0.0743. The first kappa shape index (κ1) is 47.1. The van der Waals surface area contributed by atoms with E-state index in [2.05, 4.69) is 82.9 Å². The highest BCUT2D eigenvalue weighted by molar-refractivity contribution is 7.88. The Balaban J connectivity index is 0.000000214. The number of fused-ring (bicyclic) bond motifs is 4. The molecule has 0 aliphatic carbocycles. The number of halogens is 6. The maximum Gasteiger partial charge on any atom is 0.534 e. The molecule has 0 bridgehead atoms. The topological polar surface area (TPSA) is 124 Å². The summed E-state index contributed by atoms with van der Waals surface area (Å²) in [6, 6.07) is 34.8. The highest BCUT2D eigenvalue weighted by Crippen LogP contribution is 2.54. The molecule has 0 spiro atoms. The molecule has 0 aliphatic heterocycles. The van der Waals surface area contributed by atoms with Crippen LogP contribution in [0.1, 0.15) is 11.1 Å². The lowest BCUT2D eigenvalue weighted by Gasteiger charge is -2.22. The van der Waals surface area contributed by atoms with Gasteiger partial charge in [0.05, 0.1) is 28.4 Å². The van der Waals surface area contributed by atoms with E-state index in [-0.39, 0.29) is 21.5 Å². The number of hydrogen-bond acceptors (Lipinski definition) is 10. The third kappa shape index (κ3) is 8.53. The third-order valence-electron chi connectivity index (χ3n) is 10.8.